The van der Waals surface area contributed by atoms with Crippen molar-refractivity contribution >= 4 is 5.91 Å². The van der Waals surface area contributed by atoms with E-state index >= 15 is 0 Å². The van der Waals surface area contributed by atoms with Gasteiger partial charge in [0.2, 0.25) is 5.91 Å². The number of carbonyl (C=O) groups is 1. The number of aliphatic hydroxyl groups is 1. The number of likely N-dealkylation sites (tertiary alicyclic amines) is 1. The third kappa shape index (κ3) is 4.16. The fraction of sp³-hybridized carbons (Fsp3) is 0.929. The van der Waals surface area contributed by atoms with Crippen LogP contribution in [0, 0.1) is 11.8 Å². The van der Waals surface area contributed by atoms with Crippen molar-refractivity contribution in [2.24, 2.45) is 11.8 Å². The van der Waals surface area contributed by atoms with Crippen LogP contribution in [0.4, 0.5) is 0 Å². The second kappa shape index (κ2) is 6.68. The first-order valence-electron chi connectivity index (χ1n) is 7.24. The van der Waals surface area contributed by atoms with Gasteiger partial charge in [0, 0.05) is 59.3 Å². The molecular weight excluding hydrogens is 244 g/mol. The van der Waals surface area contributed by atoms with Crippen molar-refractivity contribution in [3.8, 4) is 0 Å². The third-order valence-electron chi connectivity index (χ3n) is 4.28. The summed E-state index contributed by atoms with van der Waals surface area (Å²) in [4.78, 5) is 15.6. The van der Waals surface area contributed by atoms with Crippen molar-refractivity contribution < 1.29 is 14.6 Å². The van der Waals surface area contributed by atoms with E-state index in [0.29, 0.717) is 18.9 Å². The second-order valence-electron chi connectivity index (χ2n) is 6.09. The maximum Gasteiger partial charge on any atom is 0.222 e. The molecule has 1 N–H and O–H groups in total. The Hall–Kier alpha value is -0.650. The topological polar surface area (TPSA) is 53.0 Å². The molecule has 0 aromatic heterocycles. The summed E-state index contributed by atoms with van der Waals surface area (Å²) in [5.41, 5.74) is 0. The number of carbonyl (C=O) groups excluding carboxylic acids is 1. The predicted molar refractivity (Wildman–Crippen MR) is 72.8 cm³/mol. The summed E-state index contributed by atoms with van der Waals surface area (Å²) in [7, 11) is 3.53. The monoisotopic (exact) mass is 270 g/mol. The highest BCUT2D eigenvalue weighted by Gasteiger charge is 2.34. The quantitative estimate of drug-likeness (QED) is 0.792. The van der Waals surface area contributed by atoms with Gasteiger partial charge < -0.3 is 19.6 Å². The molecule has 5 nitrogen and oxygen atoms in total. The molecule has 0 unspecified atom stereocenters. The molecule has 2 atom stereocenters. The van der Waals surface area contributed by atoms with E-state index in [1.165, 1.54) is 0 Å². The van der Waals surface area contributed by atoms with Crippen LogP contribution in [0.1, 0.15) is 19.3 Å². The van der Waals surface area contributed by atoms with Gasteiger partial charge >= 0.3 is 0 Å². The molecule has 19 heavy (non-hydrogen) atoms. The van der Waals surface area contributed by atoms with Gasteiger partial charge in [-0.1, -0.05) is 0 Å². The van der Waals surface area contributed by atoms with Gasteiger partial charge in [-0.05, 0) is 18.8 Å². The average Bonchev–Trinajstić information content (AvgIpc) is 2.70. The number of β-amino-alcohol motifs (C(OH)–C–C–N with tert-alkyl or cyclic N) is 1. The Morgan fingerprint density at radius 1 is 1.32 bits per heavy atom. The number of nitrogens with zero attached hydrogens (tertiary/aromatic N) is 2. The number of ether oxygens (including phenoxy) is 1. The van der Waals surface area contributed by atoms with Crippen LogP contribution in [0.25, 0.3) is 0 Å². The van der Waals surface area contributed by atoms with E-state index in [-0.39, 0.29) is 17.9 Å². The van der Waals surface area contributed by atoms with E-state index < -0.39 is 0 Å². The minimum Gasteiger partial charge on any atom is -0.391 e. The van der Waals surface area contributed by atoms with Gasteiger partial charge in [0.25, 0.3) is 0 Å². The zero-order valence-electron chi connectivity index (χ0n) is 12.0. The molecule has 0 aliphatic carbocycles. The van der Waals surface area contributed by atoms with E-state index in [2.05, 4.69) is 4.90 Å². The first kappa shape index (κ1) is 14.8. The van der Waals surface area contributed by atoms with Crippen LogP contribution in [0.2, 0.25) is 0 Å². The van der Waals surface area contributed by atoms with Gasteiger partial charge in [0.05, 0.1) is 6.10 Å². The molecule has 0 spiro atoms. The molecule has 2 fully saturated rings. The van der Waals surface area contributed by atoms with Crippen molar-refractivity contribution in [1.29, 1.82) is 0 Å². The molecule has 2 rings (SSSR count). The van der Waals surface area contributed by atoms with Crippen LogP contribution in [0.3, 0.4) is 0 Å². The first-order chi connectivity index (χ1) is 9.06. The lowest BCUT2D eigenvalue weighted by atomic mass is 9.99. The Morgan fingerprint density at radius 2 is 2.00 bits per heavy atom. The minimum atomic E-state index is -0.358. The highest BCUT2D eigenvalue weighted by atomic mass is 16.5. The van der Waals surface area contributed by atoms with Gasteiger partial charge in [-0.3, -0.25) is 4.79 Å². The predicted octanol–water partition coefficient (Wildman–Crippen LogP) is 0.184. The average molecular weight is 270 g/mol. The van der Waals surface area contributed by atoms with Gasteiger partial charge in [0.15, 0.2) is 0 Å². The SMILES string of the molecule is CN(C)C(=O)C[C@H]1CN(CC2CCOCC2)C[C@@H]1O. The number of hydrogen-bond donors (Lipinski definition) is 1. The largest absolute Gasteiger partial charge is 0.391 e. The number of hydrogen-bond acceptors (Lipinski definition) is 4. The van der Waals surface area contributed by atoms with Crippen LogP contribution in [0.15, 0.2) is 0 Å². The van der Waals surface area contributed by atoms with E-state index in [1.807, 2.05) is 0 Å². The Kier molecular flexibility index (Phi) is 5.19. The molecule has 0 saturated carbocycles. The van der Waals surface area contributed by atoms with Crippen molar-refractivity contribution in [3.05, 3.63) is 0 Å². The second-order valence-corrected chi connectivity index (χ2v) is 6.09. The Labute approximate surface area is 115 Å². The van der Waals surface area contributed by atoms with E-state index in [0.717, 1.165) is 39.1 Å². The van der Waals surface area contributed by atoms with Crippen LogP contribution in [0.5, 0.6) is 0 Å². The fourth-order valence-electron chi connectivity index (χ4n) is 2.99. The molecule has 2 aliphatic heterocycles. The molecule has 0 bridgehead atoms. The highest BCUT2D eigenvalue weighted by Crippen LogP contribution is 2.24. The van der Waals surface area contributed by atoms with E-state index in [1.54, 1.807) is 19.0 Å². The molecule has 0 aromatic carbocycles. The van der Waals surface area contributed by atoms with Gasteiger partial charge in [-0.25, -0.2) is 0 Å². The number of rotatable bonds is 4. The maximum absolute atomic E-state index is 11.7. The molecule has 1 amide bonds. The molecule has 0 radical (unpaired) electrons. The zero-order chi connectivity index (χ0) is 13.8. The lowest BCUT2D eigenvalue weighted by molar-refractivity contribution is -0.130. The molecule has 0 aromatic rings. The molecule has 5 heteroatoms. The van der Waals surface area contributed by atoms with Crippen LogP contribution >= 0.6 is 0 Å². The van der Waals surface area contributed by atoms with Gasteiger partial charge in [0.1, 0.15) is 0 Å². The van der Waals surface area contributed by atoms with E-state index in [9.17, 15) is 9.90 Å². The van der Waals surface area contributed by atoms with Crippen molar-refractivity contribution in [2.75, 3.05) is 46.9 Å². The third-order valence-corrected chi connectivity index (χ3v) is 4.28. The summed E-state index contributed by atoms with van der Waals surface area (Å²) in [5, 5.41) is 10.1. The maximum atomic E-state index is 11.7. The van der Waals surface area contributed by atoms with Crippen LogP contribution in [-0.2, 0) is 9.53 Å². The molecule has 110 valence electrons. The van der Waals surface area contributed by atoms with Gasteiger partial charge in [-0.15, -0.1) is 0 Å². The zero-order valence-corrected chi connectivity index (χ0v) is 12.0. The van der Waals surface area contributed by atoms with Crippen LogP contribution < -0.4 is 0 Å². The highest BCUT2D eigenvalue weighted by molar-refractivity contribution is 5.75. The summed E-state index contributed by atoms with van der Waals surface area (Å²) in [6.07, 6.45) is 2.34. The Bertz CT molecular complexity index is 303. The van der Waals surface area contributed by atoms with Crippen molar-refractivity contribution in [2.45, 2.75) is 25.4 Å². The normalized spacial score (nSPS) is 29.6. The fourth-order valence-corrected chi connectivity index (χ4v) is 2.99. The molecule has 2 aliphatic rings. The molecular formula is C14H26N2O3. The molecule has 2 saturated heterocycles. The van der Waals surface area contributed by atoms with Crippen molar-refractivity contribution in [1.82, 2.24) is 9.80 Å². The Morgan fingerprint density at radius 3 is 2.63 bits per heavy atom. The number of amides is 1. The number of aliphatic hydroxyl groups excluding tert-OH is 1. The lowest BCUT2D eigenvalue weighted by Gasteiger charge is -2.26. The summed E-state index contributed by atoms with van der Waals surface area (Å²) in [5.74, 6) is 0.885. The smallest absolute Gasteiger partial charge is 0.222 e. The lowest BCUT2D eigenvalue weighted by Crippen LogP contribution is -2.31. The summed E-state index contributed by atoms with van der Waals surface area (Å²) >= 11 is 0. The Balaban J connectivity index is 1.78. The first-order valence-corrected chi connectivity index (χ1v) is 7.24. The van der Waals surface area contributed by atoms with E-state index in [4.69, 9.17) is 4.74 Å². The van der Waals surface area contributed by atoms with Crippen molar-refractivity contribution in [3.63, 3.8) is 0 Å². The summed E-state index contributed by atoms with van der Waals surface area (Å²) in [6, 6.07) is 0. The molecule has 2 heterocycles. The summed E-state index contributed by atoms with van der Waals surface area (Å²) in [6.45, 7) is 4.32. The minimum absolute atomic E-state index is 0.0924. The van der Waals surface area contributed by atoms with Crippen LogP contribution in [-0.4, -0.2) is 73.9 Å². The summed E-state index contributed by atoms with van der Waals surface area (Å²) < 4.78 is 5.37. The standard InChI is InChI=1S/C14H26N2O3/c1-15(2)14(18)7-12-9-16(10-13(12)17)8-11-3-5-19-6-4-11/h11-13,17H,3-10H2,1-2H3/t12-,13-/m0/s1. The van der Waals surface area contributed by atoms with Gasteiger partial charge in [-0.2, -0.15) is 0 Å².